The molecule has 3 heterocycles. The summed E-state index contributed by atoms with van der Waals surface area (Å²) < 4.78 is 7.32. The van der Waals surface area contributed by atoms with Crippen molar-refractivity contribution in [3.8, 4) is 5.75 Å². The van der Waals surface area contributed by atoms with Crippen molar-refractivity contribution in [3.05, 3.63) is 36.4 Å². The standard InChI is InChI=1S/C13H15N5O3/c19-11-5-10(6-14-7-11)13(20)17-3-4-21-12(8-17)9-18-2-1-15-16-18/h1-2,5-7,12,19H,3-4,8-9H2. The van der Waals surface area contributed by atoms with Crippen molar-refractivity contribution in [2.24, 2.45) is 0 Å². The van der Waals surface area contributed by atoms with Gasteiger partial charge in [0.1, 0.15) is 5.75 Å². The minimum Gasteiger partial charge on any atom is -0.506 e. The smallest absolute Gasteiger partial charge is 0.255 e. The maximum Gasteiger partial charge on any atom is 0.255 e. The molecule has 8 heteroatoms. The predicted molar refractivity (Wildman–Crippen MR) is 71.6 cm³/mol. The molecule has 1 unspecified atom stereocenters. The molecule has 3 rings (SSSR count). The minimum absolute atomic E-state index is 0.0201. The molecule has 0 spiro atoms. The topological polar surface area (TPSA) is 93.4 Å². The summed E-state index contributed by atoms with van der Waals surface area (Å²) >= 11 is 0. The first kappa shape index (κ1) is 13.5. The Bertz CT molecular complexity index is 616. The Morgan fingerprint density at radius 1 is 1.48 bits per heavy atom. The molecule has 1 amide bonds. The van der Waals surface area contributed by atoms with Gasteiger partial charge in [0, 0.05) is 25.5 Å². The van der Waals surface area contributed by atoms with Crippen LogP contribution in [0.3, 0.4) is 0 Å². The van der Waals surface area contributed by atoms with Gasteiger partial charge in [-0.3, -0.25) is 9.78 Å². The zero-order valence-corrected chi connectivity index (χ0v) is 11.3. The average molecular weight is 289 g/mol. The van der Waals surface area contributed by atoms with E-state index in [0.29, 0.717) is 31.8 Å². The van der Waals surface area contributed by atoms with Crippen LogP contribution in [-0.4, -0.2) is 61.7 Å². The average Bonchev–Trinajstić information content (AvgIpc) is 3.00. The van der Waals surface area contributed by atoms with E-state index in [1.165, 1.54) is 18.5 Å². The van der Waals surface area contributed by atoms with Crippen molar-refractivity contribution in [1.29, 1.82) is 0 Å². The Balaban J connectivity index is 1.66. The number of hydrogen-bond acceptors (Lipinski definition) is 6. The number of ether oxygens (including phenoxy) is 1. The number of aromatic nitrogens is 4. The van der Waals surface area contributed by atoms with E-state index >= 15 is 0 Å². The summed E-state index contributed by atoms with van der Waals surface area (Å²) in [7, 11) is 0. The van der Waals surface area contributed by atoms with Crippen molar-refractivity contribution in [1.82, 2.24) is 24.9 Å². The zero-order chi connectivity index (χ0) is 14.7. The second kappa shape index (κ2) is 5.88. The van der Waals surface area contributed by atoms with E-state index in [-0.39, 0.29) is 17.8 Å². The van der Waals surface area contributed by atoms with Crippen molar-refractivity contribution in [2.45, 2.75) is 12.6 Å². The van der Waals surface area contributed by atoms with Crippen LogP contribution in [0.4, 0.5) is 0 Å². The van der Waals surface area contributed by atoms with E-state index in [2.05, 4.69) is 15.3 Å². The normalized spacial score (nSPS) is 18.7. The van der Waals surface area contributed by atoms with Gasteiger partial charge in [0.05, 0.1) is 37.2 Å². The molecule has 1 aliphatic rings. The Hall–Kier alpha value is -2.48. The molecule has 1 saturated heterocycles. The molecular weight excluding hydrogens is 274 g/mol. The fraction of sp³-hybridized carbons (Fsp3) is 0.385. The van der Waals surface area contributed by atoms with Gasteiger partial charge in [0.2, 0.25) is 0 Å². The molecule has 0 bridgehead atoms. The van der Waals surface area contributed by atoms with Crippen LogP contribution in [0.5, 0.6) is 5.75 Å². The van der Waals surface area contributed by atoms with Gasteiger partial charge in [-0.05, 0) is 6.07 Å². The Labute approximate surface area is 121 Å². The molecule has 8 nitrogen and oxygen atoms in total. The SMILES string of the molecule is O=C(c1cncc(O)c1)N1CCOC(Cn2ccnn2)C1. The lowest BCUT2D eigenvalue weighted by atomic mass is 10.2. The largest absolute Gasteiger partial charge is 0.506 e. The van der Waals surface area contributed by atoms with E-state index in [1.54, 1.807) is 22.0 Å². The van der Waals surface area contributed by atoms with Crippen LogP contribution in [0.2, 0.25) is 0 Å². The number of carbonyl (C=O) groups excluding carboxylic acids is 1. The van der Waals surface area contributed by atoms with E-state index in [4.69, 9.17) is 4.74 Å². The number of carbonyl (C=O) groups is 1. The van der Waals surface area contributed by atoms with Gasteiger partial charge in [0.15, 0.2) is 0 Å². The highest BCUT2D eigenvalue weighted by Gasteiger charge is 2.25. The lowest BCUT2D eigenvalue weighted by molar-refractivity contribution is -0.0302. The molecule has 0 aromatic carbocycles. The third-order valence-corrected chi connectivity index (χ3v) is 3.26. The summed E-state index contributed by atoms with van der Waals surface area (Å²) in [5.74, 6) is -0.182. The molecule has 1 N–H and O–H groups in total. The van der Waals surface area contributed by atoms with Gasteiger partial charge in [-0.1, -0.05) is 5.21 Å². The van der Waals surface area contributed by atoms with Crippen LogP contribution in [-0.2, 0) is 11.3 Å². The van der Waals surface area contributed by atoms with Gasteiger partial charge >= 0.3 is 0 Å². The third kappa shape index (κ3) is 3.16. The van der Waals surface area contributed by atoms with Crippen LogP contribution < -0.4 is 0 Å². The maximum absolute atomic E-state index is 12.4. The van der Waals surface area contributed by atoms with Crippen molar-refractivity contribution >= 4 is 5.91 Å². The van der Waals surface area contributed by atoms with E-state index in [0.717, 1.165) is 0 Å². The molecule has 0 radical (unpaired) electrons. The molecular formula is C13H15N5O3. The van der Waals surface area contributed by atoms with Crippen molar-refractivity contribution in [2.75, 3.05) is 19.7 Å². The van der Waals surface area contributed by atoms with Crippen LogP contribution in [0.15, 0.2) is 30.9 Å². The second-order valence-corrected chi connectivity index (χ2v) is 4.80. The molecule has 1 aliphatic heterocycles. The number of nitrogens with zero attached hydrogens (tertiary/aromatic N) is 5. The number of aromatic hydroxyl groups is 1. The molecule has 0 aliphatic carbocycles. The van der Waals surface area contributed by atoms with Gasteiger partial charge in [-0.15, -0.1) is 5.10 Å². The fourth-order valence-electron chi connectivity index (χ4n) is 2.28. The highest BCUT2D eigenvalue weighted by Crippen LogP contribution is 2.14. The summed E-state index contributed by atoms with van der Waals surface area (Å²) in [6.45, 7) is 2.00. The Morgan fingerprint density at radius 3 is 3.14 bits per heavy atom. The number of rotatable bonds is 3. The van der Waals surface area contributed by atoms with Crippen LogP contribution in [0, 0.1) is 0 Å². The molecule has 21 heavy (non-hydrogen) atoms. The number of amides is 1. The predicted octanol–water partition coefficient (Wildman–Crippen LogP) is -0.0801. The summed E-state index contributed by atoms with van der Waals surface area (Å²) in [6.07, 6.45) is 5.97. The molecule has 2 aromatic rings. The van der Waals surface area contributed by atoms with Crippen molar-refractivity contribution < 1.29 is 14.6 Å². The van der Waals surface area contributed by atoms with Crippen LogP contribution in [0.1, 0.15) is 10.4 Å². The summed E-state index contributed by atoms with van der Waals surface area (Å²) in [4.78, 5) is 17.9. The molecule has 1 fully saturated rings. The Kier molecular flexibility index (Phi) is 3.78. The van der Waals surface area contributed by atoms with Gasteiger partial charge < -0.3 is 14.7 Å². The van der Waals surface area contributed by atoms with Gasteiger partial charge in [0.25, 0.3) is 5.91 Å². The highest BCUT2D eigenvalue weighted by atomic mass is 16.5. The summed E-state index contributed by atoms with van der Waals surface area (Å²) in [5.41, 5.74) is 0.372. The lowest BCUT2D eigenvalue weighted by Crippen LogP contribution is -2.47. The number of pyridine rings is 1. The van der Waals surface area contributed by atoms with E-state index in [1.807, 2.05) is 0 Å². The monoisotopic (exact) mass is 289 g/mol. The number of morpholine rings is 1. The first-order valence-electron chi connectivity index (χ1n) is 6.61. The third-order valence-electron chi connectivity index (χ3n) is 3.26. The molecule has 110 valence electrons. The van der Waals surface area contributed by atoms with Crippen molar-refractivity contribution in [3.63, 3.8) is 0 Å². The van der Waals surface area contributed by atoms with Crippen LogP contribution in [0.25, 0.3) is 0 Å². The first-order chi connectivity index (χ1) is 10.2. The summed E-state index contributed by atoms with van der Waals surface area (Å²) in [6, 6.07) is 1.41. The van der Waals surface area contributed by atoms with E-state index < -0.39 is 0 Å². The highest BCUT2D eigenvalue weighted by molar-refractivity contribution is 5.94. The first-order valence-corrected chi connectivity index (χ1v) is 6.61. The number of hydrogen-bond donors (Lipinski definition) is 1. The Morgan fingerprint density at radius 2 is 2.38 bits per heavy atom. The van der Waals surface area contributed by atoms with Gasteiger partial charge in [-0.25, -0.2) is 4.68 Å². The second-order valence-electron chi connectivity index (χ2n) is 4.80. The minimum atomic E-state index is -0.162. The van der Waals surface area contributed by atoms with E-state index in [9.17, 15) is 9.90 Å². The molecule has 1 atom stereocenters. The van der Waals surface area contributed by atoms with Crippen LogP contribution >= 0.6 is 0 Å². The molecule has 0 saturated carbocycles. The summed E-state index contributed by atoms with van der Waals surface area (Å²) in [5, 5.41) is 17.0. The zero-order valence-electron chi connectivity index (χ0n) is 11.3. The molecule has 2 aromatic heterocycles. The fourth-order valence-corrected chi connectivity index (χ4v) is 2.28. The van der Waals surface area contributed by atoms with Gasteiger partial charge in [-0.2, -0.15) is 0 Å². The quantitative estimate of drug-likeness (QED) is 0.849. The lowest BCUT2D eigenvalue weighted by Gasteiger charge is -2.32. The maximum atomic E-state index is 12.4.